The number of amides is 3. The molecule has 1 saturated carbocycles. The second-order valence-corrected chi connectivity index (χ2v) is 7.93. The number of halogens is 1. The Morgan fingerprint density at radius 3 is 2.62 bits per heavy atom. The molecule has 0 spiro atoms. The molecule has 2 N–H and O–H groups in total. The second kappa shape index (κ2) is 8.20. The predicted molar refractivity (Wildman–Crippen MR) is 103 cm³/mol. The molecule has 3 rings (SSSR count). The van der Waals surface area contributed by atoms with Crippen LogP contribution in [0.4, 0.5) is 5.69 Å². The van der Waals surface area contributed by atoms with Crippen molar-refractivity contribution in [3.8, 4) is 0 Å². The van der Waals surface area contributed by atoms with E-state index < -0.39 is 12.0 Å². The fraction of sp³-hybridized carbons (Fsp3) is 0.526. The molecule has 7 heteroatoms. The molecular formula is C19H24BrN3O3. The predicted octanol–water partition coefficient (Wildman–Crippen LogP) is 2.37. The molecule has 1 aliphatic carbocycles. The molecule has 0 unspecified atom stereocenters. The summed E-state index contributed by atoms with van der Waals surface area (Å²) in [6.45, 7) is 2.01. The van der Waals surface area contributed by atoms with Crippen LogP contribution in [0.25, 0.3) is 0 Å². The minimum Gasteiger partial charge on any atom is -0.352 e. The summed E-state index contributed by atoms with van der Waals surface area (Å²) in [4.78, 5) is 38.7. The highest BCUT2D eigenvalue weighted by Gasteiger charge is 2.36. The number of hydrogen-bond acceptors (Lipinski definition) is 3. The average molecular weight is 422 g/mol. The third kappa shape index (κ3) is 4.26. The number of hydrogen-bond donors (Lipinski definition) is 2. The van der Waals surface area contributed by atoms with Gasteiger partial charge in [-0.3, -0.25) is 14.4 Å². The summed E-state index contributed by atoms with van der Waals surface area (Å²) in [6.07, 6.45) is 4.44. The SMILES string of the molecule is C[C@H](NC(=O)[C@H]1CC(=O)N(c2ccccc2Br)C1)C(=O)NC1CCCC1. The van der Waals surface area contributed by atoms with Crippen molar-refractivity contribution >= 4 is 39.3 Å². The standard InChI is InChI=1S/C19H24BrN3O3/c1-12(18(25)22-14-6-2-3-7-14)21-19(26)13-10-17(24)23(11-13)16-9-5-4-8-15(16)20/h4-5,8-9,12-14H,2-3,6-7,10-11H2,1H3,(H,21,26)(H,22,25)/t12-,13-/m0/s1. The van der Waals surface area contributed by atoms with Gasteiger partial charge < -0.3 is 15.5 Å². The van der Waals surface area contributed by atoms with Gasteiger partial charge in [-0.2, -0.15) is 0 Å². The van der Waals surface area contributed by atoms with Crippen LogP contribution in [-0.4, -0.2) is 36.3 Å². The monoisotopic (exact) mass is 421 g/mol. The molecule has 0 radical (unpaired) electrons. The topological polar surface area (TPSA) is 78.5 Å². The van der Waals surface area contributed by atoms with E-state index in [1.54, 1.807) is 11.8 Å². The lowest BCUT2D eigenvalue weighted by Gasteiger charge is -2.20. The van der Waals surface area contributed by atoms with Gasteiger partial charge in [-0.1, -0.05) is 25.0 Å². The normalized spacial score (nSPS) is 21.7. The van der Waals surface area contributed by atoms with Crippen LogP contribution >= 0.6 is 15.9 Å². The van der Waals surface area contributed by atoms with Crippen molar-refractivity contribution in [1.82, 2.24) is 10.6 Å². The Labute approximate surface area is 161 Å². The third-order valence-corrected chi connectivity index (χ3v) is 5.76. The number of para-hydroxylation sites is 1. The lowest BCUT2D eigenvalue weighted by molar-refractivity contribution is -0.131. The molecule has 3 amide bonds. The van der Waals surface area contributed by atoms with Gasteiger partial charge in [-0.25, -0.2) is 0 Å². The molecule has 1 heterocycles. The van der Waals surface area contributed by atoms with E-state index in [1.807, 2.05) is 24.3 Å². The molecule has 140 valence electrons. The van der Waals surface area contributed by atoms with E-state index in [0.29, 0.717) is 6.54 Å². The largest absolute Gasteiger partial charge is 0.352 e. The molecule has 1 aromatic carbocycles. The van der Waals surface area contributed by atoms with Crippen molar-refractivity contribution in [3.05, 3.63) is 28.7 Å². The lowest BCUT2D eigenvalue weighted by atomic mass is 10.1. The summed E-state index contributed by atoms with van der Waals surface area (Å²) in [5, 5.41) is 5.75. The molecule has 2 aliphatic rings. The van der Waals surface area contributed by atoms with Crippen LogP contribution < -0.4 is 15.5 Å². The number of carbonyl (C=O) groups excluding carboxylic acids is 3. The van der Waals surface area contributed by atoms with Crippen LogP contribution in [0, 0.1) is 5.92 Å². The van der Waals surface area contributed by atoms with E-state index in [-0.39, 0.29) is 30.2 Å². The van der Waals surface area contributed by atoms with E-state index in [1.165, 1.54) is 0 Å². The van der Waals surface area contributed by atoms with Gasteiger partial charge >= 0.3 is 0 Å². The first-order chi connectivity index (χ1) is 12.5. The van der Waals surface area contributed by atoms with Gasteiger partial charge in [0.1, 0.15) is 6.04 Å². The zero-order chi connectivity index (χ0) is 18.7. The van der Waals surface area contributed by atoms with Gasteiger partial charge in [0, 0.05) is 23.5 Å². The van der Waals surface area contributed by atoms with Gasteiger partial charge in [0.25, 0.3) is 0 Å². The molecule has 0 bridgehead atoms. The van der Waals surface area contributed by atoms with Gasteiger partial charge in [0.15, 0.2) is 0 Å². The Hall–Kier alpha value is -1.89. The minimum atomic E-state index is -0.601. The van der Waals surface area contributed by atoms with Crippen LogP contribution in [-0.2, 0) is 14.4 Å². The van der Waals surface area contributed by atoms with Crippen molar-refractivity contribution in [2.75, 3.05) is 11.4 Å². The fourth-order valence-corrected chi connectivity index (χ4v) is 4.08. The van der Waals surface area contributed by atoms with Gasteiger partial charge in [0.2, 0.25) is 17.7 Å². The first kappa shape index (κ1) is 18.9. The number of nitrogens with zero attached hydrogens (tertiary/aromatic N) is 1. The van der Waals surface area contributed by atoms with Crippen molar-refractivity contribution in [2.24, 2.45) is 5.92 Å². The minimum absolute atomic E-state index is 0.0832. The van der Waals surface area contributed by atoms with Crippen LogP contribution in [0.1, 0.15) is 39.0 Å². The van der Waals surface area contributed by atoms with E-state index in [4.69, 9.17) is 0 Å². The molecular weight excluding hydrogens is 398 g/mol. The van der Waals surface area contributed by atoms with E-state index >= 15 is 0 Å². The first-order valence-corrected chi connectivity index (χ1v) is 9.90. The maximum atomic E-state index is 12.5. The highest BCUT2D eigenvalue weighted by Crippen LogP contribution is 2.31. The maximum absolute atomic E-state index is 12.5. The summed E-state index contributed by atoms with van der Waals surface area (Å²) < 4.78 is 0.818. The van der Waals surface area contributed by atoms with E-state index in [2.05, 4.69) is 26.6 Å². The van der Waals surface area contributed by atoms with Crippen molar-refractivity contribution < 1.29 is 14.4 Å². The van der Waals surface area contributed by atoms with Crippen molar-refractivity contribution in [2.45, 2.75) is 51.1 Å². The number of nitrogens with one attached hydrogen (secondary N) is 2. The van der Waals surface area contributed by atoms with Crippen molar-refractivity contribution in [3.63, 3.8) is 0 Å². The van der Waals surface area contributed by atoms with Crippen LogP contribution in [0.5, 0.6) is 0 Å². The van der Waals surface area contributed by atoms with E-state index in [0.717, 1.165) is 35.8 Å². The van der Waals surface area contributed by atoms with Crippen LogP contribution in [0.3, 0.4) is 0 Å². The number of carbonyl (C=O) groups is 3. The molecule has 0 aromatic heterocycles. The van der Waals surface area contributed by atoms with Crippen LogP contribution in [0.2, 0.25) is 0 Å². The van der Waals surface area contributed by atoms with Crippen LogP contribution in [0.15, 0.2) is 28.7 Å². The number of benzene rings is 1. The fourth-order valence-electron chi connectivity index (χ4n) is 3.58. The molecule has 2 atom stereocenters. The third-order valence-electron chi connectivity index (χ3n) is 5.09. The summed E-state index contributed by atoms with van der Waals surface area (Å²) in [6, 6.07) is 7.07. The smallest absolute Gasteiger partial charge is 0.242 e. The average Bonchev–Trinajstić information content (AvgIpc) is 3.25. The highest BCUT2D eigenvalue weighted by atomic mass is 79.9. The molecule has 1 saturated heterocycles. The Kier molecular flexibility index (Phi) is 5.96. The van der Waals surface area contributed by atoms with Crippen molar-refractivity contribution in [1.29, 1.82) is 0 Å². The lowest BCUT2D eigenvalue weighted by Crippen LogP contribution is -2.49. The van der Waals surface area contributed by atoms with Gasteiger partial charge in [-0.15, -0.1) is 0 Å². The number of anilines is 1. The molecule has 1 aromatic rings. The molecule has 2 fully saturated rings. The van der Waals surface area contributed by atoms with Gasteiger partial charge in [0.05, 0.1) is 11.6 Å². The molecule has 6 nitrogen and oxygen atoms in total. The summed E-state index contributed by atoms with van der Waals surface area (Å²) in [5.41, 5.74) is 0.764. The Bertz CT molecular complexity index is 703. The van der Waals surface area contributed by atoms with E-state index in [9.17, 15) is 14.4 Å². The Morgan fingerprint density at radius 1 is 1.23 bits per heavy atom. The summed E-state index contributed by atoms with van der Waals surface area (Å²) in [7, 11) is 0. The van der Waals surface area contributed by atoms with Gasteiger partial charge in [-0.05, 0) is 47.8 Å². The first-order valence-electron chi connectivity index (χ1n) is 9.11. The number of rotatable bonds is 5. The second-order valence-electron chi connectivity index (χ2n) is 7.08. The summed E-state index contributed by atoms with van der Waals surface area (Å²) >= 11 is 3.44. The maximum Gasteiger partial charge on any atom is 0.242 e. The Morgan fingerprint density at radius 2 is 1.92 bits per heavy atom. The zero-order valence-electron chi connectivity index (χ0n) is 14.8. The Balaban J connectivity index is 1.56. The highest BCUT2D eigenvalue weighted by molar-refractivity contribution is 9.10. The molecule has 1 aliphatic heterocycles. The molecule has 26 heavy (non-hydrogen) atoms. The zero-order valence-corrected chi connectivity index (χ0v) is 16.4. The summed E-state index contributed by atoms with van der Waals surface area (Å²) in [5.74, 6) is -0.935. The quantitative estimate of drug-likeness (QED) is 0.765.